The smallest absolute Gasteiger partial charge is 0.191 e. The van der Waals surface area contributed by atoms with Gasteiger partial charge in [0, 0.05) is 12.0 Å². The quantitative estimate of drug-likeness (QED) is 0.479. The lowest BCUT2D eigenvalue weighted by Gasteiger charge is -2.37. The van der Waals surface area contributed by atoms with E-state index in [9.17, 15) is 4.79 Å². The molecule has 0 spiro atoms. The Bertz CT molecular complexity index is 833. The number of rotatable bonds is 6. The second-order valence-corrected chi connectivity index (χ2v) is 8.39. The van der Waals surface area contributed by atoms with E-state index < -0.39 is 0 Å². The van der Waals surface area contributed by atoms with Gasteiger partial charge in [-0.05, 0) is 45.1 Å². The zero-order valence-electron chi connectivity index (χ0n) is 17.2. The van der Waals surface area contributed by atoms with Crippen molar-refractivity contribution in [3.05, 3.63) is 76.1 Å². The van der Waals surface area contributed by atoms with Crippen LogP contribution in [0.5, 0.6) is 0 Å². The summed E-state index contributed by atoms with van der Waals surface area (Å²) in [4.78, 5) is 16.7. The lowest BCUT2D eigenvalue weighted by molar-refractivity contribution is -0.932. The van der Waals surface area contributed by atoms with E-state index in [1.807, 2.05) is 26.0 Å². The maximum Gasteiger partial charge on any atom is 0.191 e. The van der Waals surface area contributed by atoms with Crippen LogP contribution in [0.2, 0.25) is 0 Å². The number of likely N-dealkylation sites (tertiary alicyclic amines) is 1. The third-order valence-electron chi connectivity index (χ3n) is 6.07. The largest absolute Gasteiger partial charge is 0.314 e. The second-order valence-electron chi connectivity index (χ2n) is 8.39. The zero-order valence-corrected chi connectivity index (χ0v) is 17.2. The topological polar surface area (TPSA) is 21.4 Å². The summed E-state index contributed by atoms with van der Waals surface area (Å²) >= 11 is 0. The Morgan fingerprint density at radius 2 is 1.61 bits per heavy atom. The van der Waals surface area contributed by atoms with Gasteiger partial charge in [-0.25, -0.2) is 4.85 Å². The first kappa shape index (κ1) is 20.3. The van der Waals surface area contributed by atoms with E-state index in [0.29, 0.717) is 24.4 Å². The highest BCUT2D eigenvalue weighted by molar-refractivity contribution is 5.83. The van der Waals surface area contributed by atoms with Crippen molar-refractivity contribution in [3.8, 4) is 0 Å². The van der Waals surface area contributed by atoms with Crippen molar-refractivity contribution in [2.75, 3.05) is 19.6 Å². The normalized spacial score (nSPS) is 16.2. The van der Waals surface area contributed by atoms with Crippen molar-refractivity contribution < 1.29 is 9.28 Å². The van der Waals surface area contributed by atoms with E-state index in [1.54, 1.807) is 0 Å². The third-order valence-corrected chi connectivity index (χ3v) is 6.07. The monoisotopic (exact) mass is 375 g/mol. The number of aryl methyl sites for hydroxylation is 2. The van der Waals surface area contributed by atoms with Gasteiger partial charge in [-0.3, -0.25) is 4.79 Å². The average Bonchev–Trinajstić information content (AvgIpc) is 2.90. The Morgan fingerprint density at radius 1 is 1.00 bits per heavy atom. The average molecular weight is 376 g/mol. The van der Waals surface area contributed by atoms with E-state index in [-0.39, 0.29) is 0 Å². The lowest BCUT2D eigenvalue weighted by Crippen LogP contribution is -2.51. The molecule has 0 aliphatic carbocycles. The molecule has 146 valence electrons. The molecule has 1 aliphatic heterocycles. The van der Waals surface area contributed by atoms with Gasteiger partial charge in [0.1, 0.15) is 13.1 Å². The SMILES string of the molecule is [C-]#[N+]c1cc(C)c(CC(=O)C[N+]2(Cc3ccccc3)CCCCCC2)c(C)c1. The van der Waals surface area contributed by atoms with Gasteiger partial charge in [-0.15, -0.1) is 0 Å². The van der Waals surface area contributed by atoms with Crippen LogP contribution < -0.4 is 0 Å². The Balaban J connectivity index is 1.79. The minimum absolute atomic E-state index is 0.319. The number of hydrogen-bond acceptors (Lipinski definition) is 1. The standard InChI is InChI=1S/C25H31N2O/c1-20-15-23(26-3)16-21(2)25(20)17-24(28)19-27(13-9-4-5-10-14-27)18-22-11-7-6-8-12-22/h6-8,11-12,15-16H,4-5,9-10,13-14,17-19H2,1-2H3/q+1. The number of carbonyl (C=O) groups excluding carboxylic acids is 1. The molecule has 3 rings (SSSR count). The van der Waals surface area contributed by atoms with Gasteiger partial charge < -0.3 is 4.48 Å². The second kappa shape index (κ2) is 9.17. The molecule has 1 saturated heterocycles. The Hall–Kier alpha value is -2.44. The van der Waals surface area contributed by atoms with Crippen molar-refractivity contribution in [2.45, 2.75) is 52.5 Å². The summed E-state index contributed by atoms with van der Waals surface area (Å²) in [5.74, 6) is 0.319. The lowest BCUT2D eigenvalue weighted by atomic mass is 9.96. The number of hydrogen-bond donors (Lipinski definition) is 0. The number of nitrogens with zero attached hydrogens (tertiary/aromatic N) is 2. The van der Waals surface area contributed by atoms with Crippen LogP contribution in [0.15, 0.2) is 42.5 Å². The summed E-state index contributed by atoms with van der Waals surface area (Å²) in [6.45, 7) is 15.0. The first-order chi connectivity index (χ1) is 13.5. The summed E-state index contributed by atoms with van der Waals surface area (Å²) in [6, 6.07) is 14.4. The molecule has 0 radical (unpaired) electrons. The van der Waals surface area contributed by atoms with Gasteiger partial charge in [0.15, 0.2) is 11.5 Å². The Morgan fingerprint density at radius 3 is 2.18 bits per heavy atom. The van der Waals surface area contributed by atoms with Gasteiger partial charge in [0.2, 0.25) is 0 Å². The van der Waals surface area contributed by atoms with Gasteiger partial charge in [0.05, 0.1) is 19.7 Å². The number of benzene rings is 2. The molecule has 2 aromatic rings. The van der Waals surface area contributed by atoms with Gasteiger partial charge >= 0.3 is 0 Å². The van der Waals surface area contributed by atoms with E-state index in [1.165, 1.54) is 31.2 Å². The third kappa shape index (κ3) is 5.09. The molecule has 3 nitrogen and oxygen atoms in total. The number of Topliss-reactive ketones (excluding diaryl/α,β-unsaturated/α-hetero) is 1. The predicted molar refractivity (Wildman–Crippen MR) is 114 cm³/mol. The number of quaternary nitrogens is 1. The first-order valence-electron chi connectivity index (χ1n) is 10.4. The van der Waals surface area contributed by atoms with Crippen molar-refractivity contribution >= 4 is 11.5 Å². The first-order valence-corrected chi connectivity index (χ1v) is 10.4. The molecule has 0 atom stereocenters. The summed E-state index contributed by atoms with van der Waals surface area (Å²) in [5, 5.41) is 0. The Labute approximate surface area is 169 Å². The number of carbonyl (C=O) groups is 1. The van der Waals surface area contributed by atoms with Gasteiger partial charge in [-0.2, -0.15) is 0 Å². The van der Waals surface area contributed by atoms with Crippen LogP contribution >= 0.6 is 0 Å². The maximum atomic E-state index is 13.2. The number of ketones is 1. The van der Waals surface area contributed by atoms with E-state index in [4.69, 9.17) is 6.57 Å². The molecule has 0 saturated carbocycles. The predicted octanol–water partition coefficient (Wildman–Crippen LogP) is 5.56. The van der Waals surface area contributed by atoms with E-state index in [0.717, 1.165) is 40.8 Å². The van der Waals surface area contributed by atoms with Gasteiger partial charge in [-0.1, -0.05) is 53.6 Å². The van der Waals surface area contributed by atoms with Crippen LogP contribution in [-0.2, 0) is 17.8 Å². The summed E-state index contributed by atoms with van der Waals surface area (Å²) in [6.07, 6.45) is 5.44. The molecule has 0 unspecified atom stereocenters. The minimum atomic E-state index is 0.319. The minimum Gasteiger partial charge on any atom is -0.314 e. The summed E-state index contributed by atoms with van der Waals surface area (Å²) in [5.41, 5.74) is 5.21. The van der Waals surface area contributed by atoms with E-state index in [2.05, 4.69) is 35.2 Å². The molecule has 0 bridgehead atoms. The molecule has 1 aliphatic rings. The van der Waals surface area contributed by atoms with Crippen molar-refractivity contribution in [1.82, 2.24) is 0 Å². The van der Waals surface area contributed by atoms with Crippen LogP contribution in [0.25, 0.3) is 4.85 Å². The van der Waals surface area contributed by atoms with Crippen molar-refractivity contribution in [2.24, 2.45) is 0 Å². The molecule has 1 heterocycles. The fourth-order valence-corrected chi connectivity index (χ4v) is 4.64. The van der Waals surface area contributed by atoms with Crippen LogP contribution in [-0.4, -0.2) is 29.9 Å². The molecular weight excluding hydrogens is 344 g/mol. The maximum absolute atomic E-state index is 13.2. The molecule has 0 aromatic heterocycles. The fraction of sp³-hybridized carbons (Fsp3) is 0.440. The van der Waals surface area contributed by atoms with Crippen molar-refractivity contribution in [1.29, 1.82) is 0 Å². The highest BCUT2D eigenvalue weighted by Crippen LogP contribution is 2.25. The zero-order chi connectivity index (χ0) is 20.0. The highest BCUT2D eigenvalue weighted by Gasteiger charge is 2.31. The summed E-state index contributed by atoms with van der Waals surface area (Å²) in [7, 11) is 0. The molecule has 2 aromatic carbocycles. The molecule has 0 amide bonds. The fourth-order valence-electron chi connectivity index (χ4n) is 4.64. The van der Waals surface area contributed by atoms with Crippen LogP contribution in [0.1, 0.15) is 47.9 Å². The van der Waals surface area contributed by atoms with Crippen LogP contribution in [0, 0.1) is 20.4 Å². The highest BCUT2D eigenvalue weighted by atomic mass is 16.1. The molecule has 0 N–H and O–H groups in total. The molecule has 1 fully saturated rings. The Kier molecular flexibility index (Phi) is 6.65. The van der Waals surface area contributed by atoms with Crippen LogP contribution in [0.4, 0.5) is 5.69 Å². The molecule has 3 heteroatoms. The summed E-state index contributed by atoms with van der Waals surface area (Å²) < 4.78 is 0.890. The van der Waals surface area contributed by atoms with E-state index >= 15 is 0 Å². The molecular formula is C25H31N2O+. The van der Waals surface area contributed by atoms with Gasteiger partial charge in [0.25, 0.3) is 0 Å². The van der Waals surface area contributed by atoms with Crippen LogP contribution in [0.3, 0.4) is 0 Å². The molecule has 28 heavy (non-hydrogen) atoms. The van der Waals surface area contributed by atoms with Crippen molar-refractivity contribution in [3.63, 3.8) is 0 Å².